The molecule has 0 spiro atoms. The van der Waals surface area contributed by atoms with Crippen molar-refractivity contribution in [2.45, 2.75) is 6.92 Å². The maximum Gasteiger partial charge on any atom is 0.127 e. The van der Waals surface area contributed by atoms with E-state index in [9.17, 15) is 4.39 Å². The molecule has 3 N–H and O–H groups in total. The van der Waals surface area contributed by atoms with E-state index in [4.69, 9.17) is 17.3 Å². The summed E-state index contributed by atoms with van der Waals surface area (Å²) in [5.41, 5.74) is 8.28. The van der Waals surface area contributed by atoms with Gasteiger partial charge in [0, 0.05) is 11.4 Å². The number of rotatable bonds is 2. The lowest BCUT2D eigenvalue weighted by Crippen LogP contribution is -1.96. The van der Waals surface area contributed by atoms with Crippen molar-refractivity contribution in [3.63, 3.8) is 0 Å². The second-order valence-corrected chi connectivity index (χ2v) is 4.24. The van der Waals surface area contributed by atoms with Gasteiger partial charge < -0.3 is 11.1 Å². The Morgan fingerprint density at radius 2 is 2.00 bits per heavy atom. The molecule has 0 aliphatic rings. The molecule has 0 aromatic heterocycles. The van der Waals surface area contributed by atoms with Crippen molar-refractivity contribution in [1.82, 2.24) is 0 Å². The quantitative estimate of drug-likeness (QED) is 0.787. The number of para-hydroxylation sites is 1. The van der Waals surface area contributed by atoms with E-state index in [1.54, 1.807) is 12.1 Å². The van der Waals surface area contributed by atoms with Crippen LogP contribution < -0.4 is 11.1 Å². The standard InChI is InChI=1S/C13H12ClFN2/c1-8-3-2-4-12(14)13(8)17-11-6-9(15)5-10(16)7-11/h2-7,17H,16H2,1H3. The van der Waals surface area contributed by atoms with Gasteiger partial charge in [-0.15, -0.1) is 0 Å². The van der Waals surface area contributed by atoms with Crippen LogP contribution in [0.15, 0.2) is 36.4 Å². The molecule has 2 aromatic rings. The highest BCUT2D eigenvalue weighted by atomic mass is 35.5. The highest BCUT2D eigenvalue weighted by Gasteiger charge is 2.05. The zero-order chi connectivity index (χ0) is 12.4. The number of hydrogen-bond donors (Lipinski definition) is 2. The molecule has 0 fully saturated rings. The van der Waals surface area contributed by atoms with Crippen LogP contribution in [0.5, 0.6) is 0 Å². The number of anilines is 3. The van der Waals surface area contributed by atoms with E-state index in [1.165, 1.54) is 12.1 Å². The van der Waals surface area contributed by atoms with Gasteiger partial charge in [0.05, 0.1) is 10.7 Å². The van der Waals surface area contributed by atoms with E-state index in [0.29, 0.717) is 16.4 Å². The van der Waals surface area contributed by atoms with E-state index < -0.39 is 0 Å². The van der Waals surface area contributed by atoms with Gasteiger partial charge in [0.15, 0.2) is 0 Å². The van der Waals surface area contributed by atoms with Crippen LogP contribution in [0.1, 0.15) is 5.56 Å². The largest absolute Gasteiger partial charge is 0.399 e. The SMILES string of the molecule is Cc1cccc(Cl)c1Nc1cc(N)cc(F)c1. The molecule has 0 heterocycles. The summed E-state index contributed by atoms with van der Waals surface area (Å²) in [4.78, 5) is 0. The molecule has 0 amide bonds. The Kier molecular flexibility index (Phi) is 3.20. The number of halogens is 2. The van der Waals surface area contributed by atoms with Crippen molar-refractivity contribution in [3.8, 4) is 0 Å². The lowest BCUT2D eigenvalue weighted by atomic mass is 10.2. The fourth-order valence-electron chi connectivity index (χ4n) is 1.62. The summed E-state index contributed by atoms with van der Waals surface area (Å²) in [5.74, 6) is -0.378. The van der Waals surface area contributed by atoms with Crippen molar-refractivity contribution >= 4 is 28.7 Å². The number of benzene rings is 2. The van der Waals surface area contributed by atoms with E-state index in [0.717, 1.165) is 11.3 Å². The summed E-state index contributed by atoms with van der Waals surface area (Å²) < 4.78 is 13.2. The van der Waals surface area contributed by atoms with Gasteiger partial charge >= 0.3 is 0 Å². The molecule has 0 aliphatic heterocycles. The number of hydrogen-bond acceptors (Lipinski definition) is 2. The van der Waals surface area contributed by atoms with Crippen LogP contribution in [0.4, 0.5) is 21.5 Å². The average molecular weight is 251 g/mol. The van der Waals surface area contributed by atoms with Gasteiger partial charge in [-0.3, -0.25) is 0 Å². The Labute approximate surface area is 104 Å². The highest BCUT2D eigenvalue weighted by Crippen LogP contribution is 2.29. The second-order valence-electron chi connectivity index (χ2n) is 3.83. The summed E-state index contributed by atoms with van der Waals surface area (Å²) in [6, 6.07) is 9.87. The number of nitrogens with one attached hydrogen (secondary N) is 1. The molecule has 2 rings (SSSR count). The number of aryl methyl sites for hydroxylation is 1. The van der Waals surface area contributed by atoms with Crippen LogP contribution in [0, 0.1) is 12.7 Å². The molecule has 0 radical (unpaired) electrons. The summed E-state index contributed by atoms with van der Waals surface area (Å²) >= 11 is 6.07. The van der Waals surface area contributed by atoms with Crippen LogP contribution in [0.3, 0.4) is 0 Å². The molecule has 0 saturated heterocycles. The third-order valence-corrected chi connectivity index (χ3v) is 2.73. The van der Waals surface area contributed by atoms with Crippen molar-refractivity contribution in [1.29, 1.82) is 0 Å². The first-order valence-electron chi connectivity index (χ1n) is 5.14. The minimum atomic E-state index is -0.378. The smallest absolute Gasteiger partial charge is 0.127 e. The van der Waals surface area contributed by atoms with Gasteiger partial charge in [0.2, 0.25) is 0 Å². The second kappa shape index (κ2) is 4.63. The van der Waals surface area contributed by atoms with Crippen LogP contribution in [0.25, 0.3) is 0 Å². The molecule has 0 unspecified atom stereocenters. The topological polar surface area (TPSA) is 38.0 Å². The average Bonchev–Trinajstić information content (AvgIpc) is 2.22. The van der Waals surface area contributed by atoms with Gasteiger partial charge in [-0.25, -0.2) is 4.39 Å². The maximum atomic E-state index is 13.2. The Bertz CT molecular complexity index is 515. The van der Waals surface area contributed by atoms with Crippen molar-refractivity contribution in [3.05, 3.63) is 52.8 Å². The Balaban J connectivity index is 2.38. The van der Waals surface area contributed by atoms with Crippen LogP contribution >= 0.6 is 11.6 Å². The fourth-order valence-corrected chi connectivity index (χ4v) is 1.89. The van der Waals surface area contributed by atoms with Crippen molar-refractivity contribution < 1.29 is 4.39 Å². The monoisotopic (exact) mass is 250 g/mol. The lowest BCUT2D eigenvalue weighted by Gasteiger charge is -2.12. The zero-order valence-corrected chi connectivity index (χ0v) is 10.1. The molecule has 2 aromatic carbocycles. The molecule has 4 heteroatoms. The van der Waals surface area contributed by atoms with Gasteiger partial charge in [-0.05, 0) is 36.8 Å². The normalized spacial score (nSPS) is 10.3. The molecule has 17 heavy (non-hydrogen) atoms. The maximum absolute atomic E-state index is 13.2. The first-order valence-corrected chi connectivity index (χ1v) is 5.52. The van der Waals surface area contributed by atoms with Crippen LogP contribution in [-0.2, 0) is 0 Å². The van der Waals surface area contributed by atoms with Crippen LogP contribution in [0.2, 0.25) is 5.02 Å². The van der Waals surface area contributed by atoms with E-state index in [-0.39, 0.29) is 5.82 Å². The molecule has 2 nitrogen and oxygen atoms in total. The Hall–Kier alpha value is -1.74. The molecule has 0 saturated carbocycles. The minimum Gasteiger partial charge on any atom is -0.399 e. The van der Waals surface area contributed by atoms with Crippen molar-refractivity contribution in [2.75, 3.05) is 11.1 Å². The zero-order valence-electron chi connectivity index (χ0n) is 9.30. The minimum absolute atomic E-state index is 0.372. The van der Waals surface area contributed by atoms with Gasteiger partial charge in [-0.1, -0.05) is 23.7 Å². The Morgan fingerprint density at radius 3 is 2.65 bits per heavy atom. The predicted octanol–water partition coefficient (Wildman–Crippen LogP) is 4.11. The van der Waals surface area contributed by atoms with Gasteiger partial charge in [0.25, 0.3) is 0 Å². The fraction of sp³-hybridized carbons (Fsp3) is 0.0769. The number of nitrogen functional groups attached to an aromatic ring is 1. The summed E-state index contributed by atoms with van der Waals surface area (Å²) in [5, 5.41) is 3.66. The van der Waals surface area contributed by atoms with Gasteiger partial charge in [0.1, 0.15) is 5.82 Å². The summed E-state index contributed by atoms with van der Waals surface area (Å²) in [6.07, 6.45) is 0. The van der Waals surface area contributed by atoms with E-state index in [2.05, 4.69) is 5.32 Å². The predicted molar refractivity (Wildman–Crippen MR) is 70.3 cm³/mol. The summed E-state index contributed by atoms with van der Waals surface area (Å²) in [7, 11) is 0. The van der Waals surface area contributed by atoms with E-state index >= 15 is 0 Å². The van der Waals surface area contributed by atoms with Crippen LogP contribution in [-0.4, -0.2) is 0 Å². The summed E-state index contributed by atoms with van der Waals surface area (Å²) in [6.45, 7) is 1.93. The first kappa shape index (κ1) is 11.7. The lowest BCUT2D eigenvalue weighted by molar-refractivity contribution is 0.629. The molecular formula is C13H12ClFN2. The van der Waals surface area contributed by atoms with Crippen molar-refractivity contribution in [2.24, 2.45) is 0 Å². The van der Waals surface area contributed by atoms with Gasteiger partial charge in [-0.2, -0.15) is 0 Å². The van der Waals surface area contributed by atoms with E-state index in [1.807, 2.05) is 19.1 Å². The molecule has 0 aliphatic carbocycles. The molecule has 88 valence electrons. The molecule has 0 atom stereocenters. The third-order valence-electron chi connectivity index (χ3n) is 2.41. The highest BCUT2D eigenvalue weighted by molar-refractivity contribution is 6.33. The first-order chi connectivity index (χ1) is 8.06. The number of nitrogens with two attached hydrogens (primary N) is 1. The Morgan fingerprint density at radius 1 is 1.24 bits per heavy atom. The molecule has 0 bridgehead atoms. The molecular weight excluding hydrogens is 239 g/mol. The third kappa shape index (κ3) is 2.68.